The molecule has 1 N–H and O–H groups in total. The van der Waals surface area contributed by atoms with Crippen molar-refractivity contribution < 1.29 is 4.92 Å². The highest BCUT2D eigenvalue weighted by Gasteiger charge is 2.22. The Morgan fingerprint density at radius 1 is 1.47 bits per heavy atom. The summed E-state index contributed by atoms with van der Waals surface area (Å²) in [7, 11) is 1.86. The smallest absolute Gasteiger partial charge is 0.315 e. The summed E-state index contributed by atoms with van der Waals surface area (Å²) in [6, 6.07) is 5.56. The fourth-order valence-electron chi connectivity index (χ4n) is 1.62. The second-order valence-electron chi connectivity index (χ2n) is 4.17. The molecule has 0 spiro atoms. The predicted octanol–water partition coefficient (Wildman–Crippen LogP) is 2.87. The van der Waals surface area contributed by atoms with Crippen molar-refractivity contribution in [3.8, 4) is 0 Å². The summed E-state index contributed by atoms with van der Waals surface area (Å²) in [5, 5.41) is 14.2. The molecule has 1 rings (SSSR count). The van der Waals surface area contributed by atoms with Crippen LogP contribution in [0.1, 0.15) is 20.8 Å². The lowest BCUT2D eigenvalue weighted by Gasteiger charge is -2.24. The van der Waals surface area contributed by atoms with E-state index in [1.54, 1.807) is 12.1 Å². The highest BCUT2D eigenvalue weighted by Crippen LogP contribution is 2.35. The minimum absolute atomic E-state index is 0.144. The molecule has 0 aliphatic carbocycles. The van der Waals surface area contributed by atoms with Crippen molar-refractivity contribution in [2.75, 3.05) is 23.8 Å². The average molecular weight is 237 g/mol. The zero-order chi connectivity index (χ0) is 13.0. The van der Waals surface area contributed by atoms with Crippen molar-refractivity contribution in [2.24, 2.45) is 0 Å². The molecule has 0 amide bonds. The quantitative estimate of drug-likeness (QED) is 0.632. The van der Waals surface area contributed by atoms with Gasteiger partial charge in [-0.25, -0.2) is 0 Å². The minimum atomic E-state index is -0.327. The average Bonchev–Trinajstić information content (AvgIpc) is 2.27. The Morgan fingerprint density at radius 2 is 2.12 bits per heavy atom. The maximum absolute atomic E-state index is 11.2. The maximum Gasteiger partial charge on any atom is 0.315 e. The van der Waals surface area contributed by atoms with Crippen molar-refractivity contribution in [3.05, 3.63) is 28.3 Å². The molecule has 0 fully saturated rings. The van der Waals surface area contributed by atoms with Gasteiger partial charge in [0.25, 0.3) is 0 Å². The van der Waals surface area contributed by atoms with E-state index in [2.05, 4.69) is 5.32 Å². The summed E-state index contributed by atoms with van der Waals surface area (Å²) in [6.07, 6.45) is 0. The summed E-state index contributed by atoms with van der Waals surface area (Å²) in [6.45, 7) is 6.59. The molecule has 0 saturated heterocycles. The Morgan fingerprint density at radius 3 is 2.59 bits per heavy atom. The number of hydrogen-bond acceptors (Lipinski definition) is 4. The van der Waals surface area contributed by atoms with E-state index in [4.69, 9.17) is 0 Å². The summed E-state index contributed by atoms with van der Waals surface area (Å²) in [5.74, 6) is 0. The van der Waals surface area contributed by atoms with Crippen LogP contribution in [0.25, 0.3) is 0 Å². The Balaban J connectivity index is 3.29. The number of anilines is 2. The normalized spacial score (nSPS) is 10.4. The first-order valence-corrected chi connectivity index (χ1v) is 5.73. The first-order chi connectivity index (χ1) is 7.99. The second-order valence-corrected chi connectivity index (χ2v) is 4.17. The Bertz CT molecular complexity index is 405. The highest BCUT2D eigenvalue weighted by molar-refractivity contribution is 5.77. The van der Waals surface area contributed by atoms with Crippen molar-refractivity contribution in [2.45, 2.75) is 26.8 Å². The molecule has 0 saturated carbocycles. The summed E-state index contributed by atoms with van der Waals surface area (Å²) < 4.78 is 0. The molecule has 0 radical (unpaired) electrons. The molecule has 0 bridgehead atoms. The molecule has 17 heavy (non-hydrogen) atoms. The van der Waals surface area contributed by atoms with Gasteiger partial charge < -0.3 is 10.2 Å². The molecule has 0 heterocycles. The monoisotopic (exact) mass is 237 g/mol. The largest absolute Gasteiger partial charge is 0.380 e. The molecule has 94 valence electrons. The lowest BCUT2D eigenvalue weighted by Crippen LogP contribution is -2.26. The van der Waals surface area contributed by atoms with Crippen LogP contribution in [0.15, 0.2) is 18.2 Å². The van der Waals surface area contributed by atoms with E-state index < -0.39 is 0 Å². The maximum atomic E-state index is 11.2. The summed E-state index contributed by atoms with van der Waals surface area (Å²) in [4.78, 5) is 12.8. The third kappa shape index (κ3) is 2.87. The molecule has 0 aromatic heterocycles. The van der Waals surface area contributed by atoms with E-state index in [0.717, 1.165) is 0 Å². The molecular formula is C12H19N3O2. The van der Waals surface area contributed by atoms with Crippen LogP contribution in [0.4, 0.5) is 17.1 Å². The van der Waals surface area contributed by atoms with E-state index in [-0.39, 0.29) is 16.7 Å². The molecule has 0 unspecified atom stereocenters. The van der Waals surface area contributed by atoms with Crippen LogP contribution >= 0.6 is 0 Å². The molecule has 0 aliphatic heterocycles. The van der Waals surface area contributed by atoms with Crippen molar-refractivity contribution in [1.29, 1.82) is 0 Å². The SMILES string of the molecule is CCNc1cccc(N(C)C(C)C)c1[N+](=O)[O-]. The number of nitrogens with one attached hydrogen (secondary N) is 1. The van der Waals surface area contributed by atoms with Gasteiger partial charge in [0.1, 0.15) is 11.4 Å². The molecule has 1 aromatic rings. The molecule has 0 aliphatic rings. The zero-order valence-corrected chi connectivity index (χ0v) is 10.7. The van der Waals surface area contributed by atoms with Gasteiger partial charge in [0, 0.05) is 19.6 Å². The third-order valence-corrected chi connectivity index (χ3v) is 2.72. The van der Waals surface area contributed by atoms with Crippen LogP contribution in [-0.2, 0) is 0 Å². The van der Waals surface area contributed by atoms with Crippen molar-refractivity contribution in [3.63, 3.8) is 0 Å². The van der Waals surface area contributed by atoms with Crippen LogP contribution in [0.2, 0.25) is 0 Å². The standard InChI is InChI=1S/C12H19N3O2/c1-5-13-10-7-6-8-11(12(10)15(16)17)14(4)9(2)3/h6-9,13H,5H2,1-4H3. The van der Waals surface area contributed by atoms with E-state index in [1.807, 2.05) is 38.8 Å². The first kappa shape index (κ1) is 13.3. The van der Waals surface area contributed by atoms with Crippen molar-refractivity contribution >= 4 is 17.1 Å². The van der Waals surface area contributed by atoms with Crippen LogP contribution in [0.5, 0.6) is 0 Å². The van der Waals surface area contributed by atoms with Gasteiger partial charge in [-0.05, 0) is 32.9 Å². The van der Waals surface area contributed by atoms with Gasteiger partial charge in [-0.1, -0.05) is 6.07 Å². The van der Waals surface area contributed by atoms with Crippen LogP contribution in [-0.4, -0.2) is 24.6 Å². The minimum Gasteiger partial charge on any atom is -0.380 e. The molecule has 5 nitrogen and oxygen atoms in total. The van der Waals surface area contributed by atoms with Gasteiger partial charge in [-0.3, -0.25) is 10.1 Å². The highest BCUT2D eigenvalue weighted by atomic mass is 16.6. The topological polar surface area (TPSA) is 58.4 Å². The van der Waals surface area contributed by atoms with Gasteiger partial charge in [0.2, 0.25) is 0 Å². The molecule has 1 aromatic carbocycles. The predicted molar refractivity (Wildman–Crippen MR) is 70.8 cm³/mol. The van der Waals surface area contributed by atoms with Gasteiger partial charge in [0.15, 0.2) is 0 Å². The molecule has 0 atom stereocenters. The van der Waals surface area contributed by atoms with Gasteiger partial charge in [-0.15, -0.1) is 0 Å². The van der Waals surface area contributed by atoms with Gasteiger partial charge >= 0.3 is 5.69 Å². The fraction of sp³-hybridized carbons (Fsp3) is 0.500. The number of hydrogen-bond donors (Lipinski definition) is 1. The van der Waals surface area contributed by atoms with Crippen LogP contribution in [0, 0.1) is 10.1 Å². The second kappa shape index (κ2) is 5.52. The van der Waals surface area contributed by atoms with Crippen molar-refractivity contribution in [1.82, 2.24) is 0 Å². The van der Waals surface area contributed by atoms with E-state index >= 15 is 0 Å². The van der Waals surface area contributed by atoms with E-state index in [9.17, 15) is 10.1 Å². The zero-order valence-electron chi connectivity index (χ0n) is 10.7. The Hall–Kier alpha value is -1.78. The van der Waals surface area contributed by atoms with Crippen LogP contribution < -0.4 is 10.2 Å². The Kier molecular flexibility index (Phi) is 4.31. The fourth-order valence-corrected chi connectivity index (χ4v) is 1.62. The van der Waals surface area contributed by atoms with E-state index in [1.165, 1.54) is 0 Å². The number of benzene rings is 1. The molecule has 5 heteroatoms. The lowest BCUT2D eigenvalue weighted by molar-refractivity contribution is -0.383. The van der Waals surface area contributed by atoms with Crippen LogP contribution in [0.3, 0.4) is 0 Å². The number of rotatable bonds is 5. The van der Waals surface area contributed by atoms with Gasteiger partial charge in [0.05, 0.1) is 4.92 Å². The first-order valence-electron chi connectivity index (χ1n) is 5.73. The Labute approximate surface area is 102 Å². The summed E-state index contributed by atoms with van der Waals surface area (Å²) in [5.41, 5.74) is 1.36. The lowest BCUT2D eigenvalue weighted by atomic mass is 10.2. The number of para-hydroxylation sites is 1. The van der Waals surface area contributed by atoms with Gasteiger partial charge in [-0.2, -0.15) is 0 Å². The number of nitrogens with zero attached hydrogens (tertiary/aromatic N) is 2. The van der Waals surface area contributed by atoms with E-state index in [0.29, 0.717) is 17.9 Å². The number of nitro groups is 1. The number of nitro benzene ring substituents is 1. The summed E-state index contributed by atoms with van der Waals surface area (Å²) >= 11 is 0. The molecular weight excluding hydrogens is 218 g/mol. The third-order valence-electron chi connectivity index (χ3n) is 2.72.